The molecule has 7 aromatic carbocycles. The molecule has 0 spiro atoms. The molecule has 1 heterocycles. The molecule has 0 saturated carbocycles. The lowest BCUT2D eigenvalue weighted by Crippen LogP contribution is -2.35. The molecule has 7 aromatic rings. The smallest absolute Gasteiger partial charge is 0.132 e. The van der Waals surface area contributed by atoms with Crippen LogP contribution < -0.4 is 4.74 Å². The zero-order chi connectivity index (χ0) is 53.6. The fourth-order valence-electron chi connectivity index (χ4n) is 11.3. The molecule has 0 saturated heterocycles. The van der Waals surface area contributed by atoms with Gasteiger partial charge in [0.15, 0.2) is 0 Å². The first-order chi connectivity index (χ1) is 33.8. The molecule has 1 atom stereocenters. The molecular weight excluding hydrogens is 905 g/mol. The van der Waals surface area contributed by atoms with Crippen molar-refractivity contribution in [2.24, 2.45) is 0 Å². The van der Waals surface area contributed by atoms with E-state index in [2.05, 4.69) is 119 Å². The number of aryl methyl sites for hydroxylation is 5. The first-order valence-electron chi connectivity index (χ1n) is 25.6. The Morgan fingerprint density at radius 2 is 0.753 bits per heavy atom. The molecule has 0 bridgehead atoms. The van der Waals surface area contributed by atoms with Gasteiger partial charge in [-0.05, 0) is 191 Å². The molecule has 0 fully saturated rings. The summed E-state index contributed by atoms with van der Waals surface area (Å²) in [5.74, 6) is 1.13. The largest absolute Gasteiger partial charge is 0.508 e. The molecule has 0 radical (unpaired) electrons. The van der Waals surface area contributed by atoms with Gasteiger partial charge in [-0.25, -0.2) is 0 Å². The molecule has 1 unspecified atom stereocenters. The first-order valence-corrected chi connectivity index (χ1v) is 25.6. The van der Waals surface area contributed by atoms with Crippen LogP contribution in [0.4, 0.5) is 0 Å². The summed E-state index contributed by atoms with van der Waals surface area (Å²) >= 11 is 0. The molecule has 0 aromatic heterocycles. The topological polar surface area (TPSA) is 131 Å². The van der Waals surface area contributed by atoms with Crippen molar-refractivity contribution in [1.82, 2.24) is 0 Å². The summed E-state index contributed by atoms with van der Waals surface area (Å²) in [6.07, 6.45) is 0.767. The Bertz CT molecular complexity index is 3240. The molecule has 1 aliphatic heterocycles. The Hall–Kier alpha value is -6.86. The molecule has 6 N–H and O–H groups in total. The van der Waals surface area contributed by atoms with Gasteiger partial charge in [0.05, 0.1) is 0 Å². The number of phenols is 6. The van der Waals surface area contributed by atoms with Crippen molar-refractivity contribution in [1.29, 1.82) is 0 Å². The normalized spacial score (nSPS) is 13.9. The number of rotatable bonds is 10. The van der Waals surface area contributed by atoms with Crippen LogP contribution in [0, 0.1) is 34.6 Å². The van der Waals surface area contributed by atoms with Crippen LogP contribution in [0.25, 0.3) is 0 Å². The summed E-state index contributed by atoms with van der Waals surface area (Å²) in [6.45, 7) is 32.9. The minimum Gasteiger partial charge on any atom is -0.508 e. The first kappa shape index (κ1) is 52.5. The van der Waals surface area contributed by atoms with Crippen molar-refractivity contribution in [3.05, 3.63) is 203 Å². The standard InChI is InChI=1S/C66H76O7/c1-35-21-42(27-40-17-19-54(67)48(29-40)60(44-31-50(63(6,7)8)56(69)23-36(44)2)45-32-51(64(9,10)11)57(70)24-37(45)3)62(72)43(22-35)28-41-18-20-55(68)49(30-41)61(46-33-52(65(12,13)14)58(71)25-38(46)4)47-34-53-59(26-39(47)5)73-66(53,15)16/h17-26,29-34,60-61,67-72H,27-28H2,1-16H3. The van der Waals surface area contributed by atoms with Gasteiger partial charge in [0.2, 0.25) is 0 Å². The average Bonchev–Trinajstić information content (AvgIpc) is 3.25. The maximum absolute atomic E-state index is 12.3. The number of hydrogen-bond donors (Lipinski definition) is 6. The molecule has 7 heteroatoms. The van der Waals surface area contributed by atoms with Gasteiger partial charge in [-0.2, -0.15) is 0 Å². The van der Waals surface area contributed by atoms with E-state index in [4.69, 9.17) is 4.74 Å². The van der Waals surface area contributed by atoms with E-state index >= 15 is 0 Å². The zero-order valence-corrected chi connectivity index (χ0v) is 45.9. The van der Waals surface area contributed by atoms with Gasteiger partial charge in [0, 0.05) is 41.4 Å². The summed E-state index contributed by atoms with van der Waals surface area (Å²) in [4.78, 5) is 0. The van der Waals surface area contributed by atoms with Crippen molar-refractivity contribution in [2.45, 2.75) is 157 Å². The molecule has 0 amide bonds. The number of ether oxygens (including phenoxy) is 1. The molecular formula is C66H76O7. The third-order valence-corrected chi connectivity index (χ3v) is 15.2. The van der Waals surface area contributed by atoms with Crippen LogP contribution in [0.1, 0.15) is 194 Å². The Morgan fingerprint density at radius 1 is 0.411 bits per heavy atom. The van der Waals surface area contributed by atoms with Gasteiger partial charge in [0.1, 0.15) is 45.8 Å². The summed E-state index contributed by atoms with van der Waals surface area (Å²) in [7, 11) is 0. The summed E-state index contributed by atoms with van der Waals surface area (Å²) in [5, 5.41) is 69.9. The Labute approximate surface area is 433 Å². The van der Waals surface area contributed by atoms with Crippen LogP contribution in [0.2, 0.25) is 0 Å². The summed E-state index contributed by atoms with van der Waals surface area (Å²) in [6, 6.07) is 31.4. The number of hydrogen-bond acceptors (Lipinski definition) is 7. The molecule has 1 aliphatic rings. The van der Waals surface area contributed by atoms with Crippen LogP contribution in [-0.2, 0) is 34.7 Å². The number of fused-ring (bicyclic) bond motifs is 1. The second-order valence-electron chi connectivity index (χ2n) is 24.7. The van der Waals surface area contributed by atoms with E-state index in [1.807, 2.05) is 76.2 Å². The highest BCUT2D eigenvalue weighted by atomic mass is 16.5. The van der Waals surface area contributed by atoms with Crippen LogP contribution in [0.15, 0.2) is 97.1 Å². The van der Waals surface area contributed by atoms with Crippen LogP contribution >= 0.6 is 0 Å². The highest BCUT2D eigenvalue weighted by Crippen LogP contribution is 2.51. The van der Waals surface area contributed by atoms with Crippen LogP contribution in [0.5, 0.6) is 40.2 Å². The molecule has 73 heavy (non-hydrogen) atoms. The molecule has 8 rings (SSSR count). The second kappa shape index (κ2) is 18.6. The fourth-order valence-corrected chi connectivity index (χ4v) is 11.3. The number of aromatic hydroxyl groups is 6. The quantitative estimate of drug-likeness (QED) is 0.0753. The van der Waals surface area contributed by atoms with E-state index in [1.165, 1.54) is 0 Å². The van der Waals surface area contributed by atoms with Crippen LogP contribution in [0.3, 0.4) is 0 Å². The van der Waals surface area contributed by atoms with E-state index < -0.39 is 17.4 Å². The fraction of sp³-hybridized carbons (Fsp3) is 0.364. The Kier molecular flexibility index (Phi) is 13.3. The second-order valence-corrected chi connectivity index (χ2v) is 24.7. The maximum Gasteiger partial charge on any atom is 0.132 e. The zero-order valence-electron chi connectivity index (χ0n) is 45.9. The van der Waals surface area contributed by atoms with E-state index in [1.54, 1.807) is 12.1 Å². The van der Waals surface area contributed by atoms with Crippen LogP contribution in [-0.4, -0.2) is 30.6 Å². The summed E-state index contributed by atoms with van der Waals surface area (Å²) < 4.78 is 6.15. The Balaban J connectivity index is 1.22. The lowest BCUT2D eigenvalue weighted by Gasteiger charge is -2.40. The van der Waals surface area contributed by atoms with Crippen molar-refractivity contribution >= 4 is 0 Å². The van der Waals surface area contributed by atoms with Gasteiger partial charge < -0.3 is 35.4 Å². The van der Waals surface area contributed by atoms with Gasteiger partial charge in [-0.15, -0.1) is 0 Å². The Morgan fingerprint density at radius 3 is 1.10 bits per heavy atom. The summed E-state index contributed by atoms with van der Waals surface area (Å²) in [5.41, 5.74) is 15.2. The highest BCUT2D eigenvalue weighted by molar-refractivity contribution is 5.63. The third-order valence-electron chi connectivity index (χ3n) is 15.2. The predicted molar refractivity (Wildman–Crippen MR) is 296 cm³/mol. The SMILES string of the molecule is Cc1cc(Cc2ccc(O)c(C(c3cc(C(C)(C)C)c(O)cc3C)c3cc(C(C)(C)C)c(O)cc3C)c2)c(O)c(Cc2ccc(O)c(C(c3cc(C(C)(C)C)c(O)cc3C)c3cc4c(cc3C)OC4(C)C)c2)c1. The lowest BCUT2D eigenvalue weighted by molar-refractivity contribution is 0.0515. The maximum atomic E-state index is 12.3. The lowest BCUT2D eigenvalue weighted by atomic mass is 9.75. The van der Waals surface area contributed by atoms with E-state index in [9.17, 15) is 30.6 Å². The monoisotopic (exact) mass is 981 g/mol. The van der Waals surface area contributed by atoms with Crippen molar-refractivity contribution in [3.8, 4) is 40.2 Å². The molecule has 7 nitrogen and oxygen atoms in total. The average molecular weight is 981 g/mol. The van der Waals surface area contributed by atoms with Gasteiger partial charge in [-0.3, -0.25) is 0 Å². The van der Waals surface area contributed by atoms with Gasteiger partial charge in [-0.1, -0.05) is 122 Å². The van der Waals surface area contributed by atoms with E-state index in [0.717, 1.165) is 106 Å². The van der Waals surface area contributed by atoms with Crippen molar-refractivity contribution < 1.29 is 35.4 Å². The third kappa shape index (κ3) is 10.1. The number of phenolic OH excluding ortho intramolecular Hbond substituents is 6. The number of benzene rings is 7. The minimum atomic E-state index is -0.473. The van der Waals surface area contributed by atoms with Crippen molar-refractivity contribution in [3.63, 3.8) is 0 Å². The predicted octanol–water partition coefficient (Wildman–Crippen LogP) is 15.5. The highest BCUT2D eigenvalue weighted by Gasteiger charge is 2.39. The van der Waals surface area contributed by atoms with E-state index in [0.29, 0.717) is 18.4 Å². The molecule has 382 valence electrons. The van der Waals surface area contributed by atoms with Gasteiger partial charge >= 0.3 is 0 Å². The minimum absolute atomic E-state index is 0.118. The van der Waals surface area contributed by atoms with Crippen molar-refractivity contribution in [2.75, 3.05) is 0 Å². The van der Waals surface area contributed by atoms with Gasteiger partial charge in [0.25, 0.3) is 0 Å². The molecule has 0 aliphatic carbocycles. The van der Waals surface area contributed by atoms with E-state index in [-0.39, 0.29) is 50.7 Å².